The van der Waals surface area contributed by atoms with Crippen LogP contribution in [0.25, 0.3) is 0 Å². The van der Waals surface area contributed by atoms with Gasteiger partial charge in [-0.05, 0) is 61.6 Å². The summed E-state index contributed by atoms with van der Waals surface area (Å²) in [6.45, 7) is 4.24. The molecule has 4 rings (SSSR count). The van der Waals surface area contributed by atoms with Crippen LogP contribution in [0.15, 0.2) is 42.5 Å². The van der Waals surface area contributed by atoms with Crippen LogP contribution >= 0.6 is 11.6 Å². The Morgan fingerprint density at radius 2 is 1.90 bits per heavy atom. The Bertz CT molecular complexity index is 868. The topological polar surface area (TPSA) is 79.2 Å². The van der Waals surface area contributed by atoms with Crippen LogP contribution in [-0.4, -0.2) is 45.8 Å². The first-order valence-electron chi connectivity index (χ1n) is 10.1. The highest BCUT2D eigenvalue weighted by Crippen LogP contribution is 2.59. The second kappa shape index (κ2) is 7.89. The molecule has 6 atom stereocenters. The molecule has 0 spiro atoms. The summed E-state index contributed by atoms with van der Waals surface area (Å²) in [6.07, 6.45) is -2.23. The lowest BCUT2D eigenvalue weighted by Gasteiger charge is -2.38. The lowest BCUT2D eigenvalue weighted by molar-refractivity contribution is -0.201. The highest BCUT2D eigenvalue weighted by molar-refractivity contribution is 6.31. The minimum absolute atomic E-state index is 0.232. The van der Waals surface area contributed by atoms with Crippen molar-refractivity contribution in [2.45, 2.75) is 56.7 Å². The fourth-order valence-corrected chi connectivity index (χ4v) is 4.58. The molecule has 3 N–H and O–H groups in total. The molecule has 1 unspecified atom stereocenters. The fraction of sp³-hybridized carbons (Fsp3) is 0.478. The maximum atomic E-state index is 10.6. The molecule has 1 saturated carbocycles. The summed E-state index contributed by atoms with van der Waals surface area (Å²) in [7, 11) is 0. The zero-order valence-electron chi connectivity index (χ0n) is 16.6. The lowest BCUT2D eigenvalue weighted by atomic mass is 9.90. The van der Waals surface area contributed by atoms with Gasteiger partial charge in [-0.15, -0.1) is 0 Å². The normalized spacial score (nSPS) is 31.8. The number of benzene rings is 2. The molecule has 0 amide bonds. The molecule has 6 heteroatoms. The Morgan fingerprint density at radius 3 is 2.55 bits per heavy atom. The minimum atomic E-state index is -1.05. The molecule has 2 aliphatic rings. The van der Waals surface area contributed by atoms with E-state index in [2.05, 4.69) is 0 Å². The van der Waals surface area contributed by atoms with Crippen molar-refractivity contribution in [3.05, 3.63) is 64.2 Å². The number of fused-ring (bicyclic) bond motifs is 1. The molecule has 5 nitrogen and oxygen atoms in total. The van der Waals surface area contributed by atoms with Crippen LogP contribution < -0.4 is 4.74 Å². The SMILES string of the molecule is CCOc1ccc(Cc2cc([C@@H]3O[C@@]4(C(C)O)C[C@H]4[C@H](O)[C@H]3O)ccc2Cl)cc1. The summed E-state index contributed by atoms with van der Waals surface area (Å²) in [5.74, 6) is 0.593. The smallest absolute Gasteiger partial charge is 0.119 e. The molecular formula is C23H27ClO5. The van der Waals surface area contributed by atoms with Crippen molar-refractivity contribution in [1.82, 2.24) is 0 Å². The van der Waals surface area contributed by atoms with E-state index in [9.17, 15) is 15.3 Å². The van der Waals surface area contributed by atoms with Gasteiger partial charge in [-0.2, -0.15) is 0 Å². The summed E-state index contributed by atoms with van der Waals surface area (Å²) in [4.78, 5) is 0. The van der Waals surface area contributed by atoms with E-state index in [1.165, 1.54) is 0 Å². The van der Waals surface area contributed by atoms with E-state index in [4.69, 9.17) is 21.1 Å². The van der Waals surface area contributed by atoms with Gasteiger partial charge < -0.3 is 24.8 Å². The van der Waals surface area contributed by atoms with Crippen LogP contribution in [-0.2, 0) is 11.2 Å². The van der Waals surface area contributed by atoms with E-state index in [0.717, 1.165) is 22.4 Å². The molecule has 156 valence electrons. The number of hydrogen-bond donors (Lipinski definition) is 3. The molecule has 29 heavy (non-hydrogen) atoms. The van der Waals surface area contributed by atoms with Crippen molar-refractivity contribution >= 4 is 11.6 Å². The predicted octanol–water partition coefficient (Wildman–Crippen LogP) is 3.26. The lowest BCUT2D eigenvalue weighted by Crippen LogP contribution is -2.48. The molecule has 2 aromatic carbocycles. The van der Waals surface area contributed by atoms with Crippen molar-refractivity contribution in [1.29, 1.82) is 0 Å². The van der Waals surface area contributed by atoms with Gasteiger partial charge in [0.15, 0.2) is 0 Å². The van der Waals surface area contributed by atoms with Gasteiger partial charge in [0.05, 0.1) is 18.8 Å². The first-order chi connectivity index (χ1) is 13.9. The predicted molar refractivity (Wildman–Crippen MR) is 110 cm³/mol. The first kappa shape index (κ1) is 20.6. The highest BCUT2D eigenvalue weighted by atomic mass is 35.5. The maximum absolute atomic E-state index is 10.6. The maximum Gasteiger partial charge on any atom is 0.119 e. The zero-order valence-corrected chi connectivity index (χ0v) is 17.3. The monoisotopic (exact) mass is 418 g/mol. The van der Waals surface area contributed by atoms with E-state index in [0.29, 0.717) is 24.5 Å². The van der Waals surface area contributed by atoms with Crippen molar-refractivity contribution in [2.24, 2.45) is 5.92 Å². The standard InChI is InChI=1S/C23H27ClO5/c1-3-28-17-7-4-14(5-8-17)10-16-11-15(6-9-19(16)24)22-21(27)20(26)18-12-23(18,29-22)13(2)25/h4-9,11,13,18,20-22,25-27H,3,10,12H2,1-2H3/t13?,18-,20-,21+,22-,23+/m0/s1. The molecule has 0 bridgehead atoms. The van der Waals surface area contributed by atoms with Crippen LogP contribution in [0.5, 0.6) is 5.75 Å². The zero-order chi connectivity index (χ0) is 20.8. The Labute approximate surface area is 175 Å². The highest BCUT2D eigenvalue weighted by Gasteiger charge is 2.68. The summed E-state index contributed by atoms with van der Waals surface area (Å²) >= 11 is 6.43. The van der Waals surface area contributed by atoms with Gasteiger partial charge in [0.2, 0.25) is 0 Å². The average molecular weight is 419 g/mol. The van der Waals surface area contributed by atoms with Crippen LogP contribution in [0.3, 0.4) is 0 Å². The minimum Gasteiger partial charge on any atom is -0.494 e. The van der Waals surface area contributed by atoms with Crippen LogP contribution in [0, 0.1) is 5.92 Å². The summed E-state index contributed by atoms with van der Waals surface area (Å²) in [6, 6.07) is 13.4. The van der Waals surface area contributed by atoms with Gasteiger partial charge in [0.25, 0.3) is 0 Å². The molecule has 2 aromatic rings. The number of rotatable bonds is 6. The number of ether oxygens (including phenoxy) is 2. The van der Waals surface area contributed by atoms with Crippen LogP contribution in [0.4, 0.5) is 0 Å². The van der Waals surface area contributed by atoms with Crippen molar-refractivity contribution in [3.8, 4) is 5.75 Å². The largest absolute Gasteiger partial charge is 0.494 e. The molecular weight excluding hydrogens is 392 g/mol. The Hall–Kier alpha value is -1.63. The van der Waals surface area contributed by atoms with Crippen molar-refractivity contribution < 1.29 is 24.8 Å². The van der Waals surface area contributed by atoms with E-state index in [1.54, 1.807) is 13.0 Å². The third kappa shape index (κ3) is 3.78. The molecule has 1 aliphatic carbocycles. The van der Waals surface area contributed by atoms with Crippen molar-refractivity contribution in [3.63, 3.8) is 0 Å². The average Bonchev–Trinajstić information content (AvgIpc) is 3.45. The van der Waals surface area contributed by atoms with E-state index in [1.807, 2.05) is 43.3 Å². The second-order valence-electron chi connectivity index (χ2n) is 8.07. The number of hydrogen-bond acceptors (Lipinski definition) is 5. The number of aliphatic hydroxyl groups excluding tert-OH is 3. The van der Waals surface area contributed by atoms with Gasteiger partial charge in [-0.3, -0.25) is 0 Å². The Kier molecular flexibility index (Phi) is 5.62. The van der Waals surface area contributed by atoms with E-state index in [-0.39, 0.29) is 5.92 Å². The molecule has 0 aromatic heterocycles. The van der Waals surface area contributed by atoms with Crippen LogP contribution in [0.2, 0.25) is 5.02 Å². The molecule has 2 fully saturated rings. The molecule has 1 heterocycles. The van der Waals surface area contributed by atoms with Crippen LogP contribution in [0.1, 0.15) is 43.1 Å². The number of aliphatic hydroxyl groups is 3. The number of halogens is 1. The molecule has 0 radical (unpaired) electrons. The second-order valence-corrected chi connectivity index (χ2v) is 8.47. The van der Waals surface area contributed by atoms with Gasteiger partial charge in [-0.1, -0.05) is 35.9 Å². The first-order valence-corrected chi connectivity index (χ1v) is 10.5. The summed E-state index contributed by atoms with van der Waals surface area (Å²) < 4.78 is 11.6. The summed E-state index contributed by atoms with van der Waals surface area (Å²) in [5.41, 5.74) is 1.95. The van der Waals surface area contributed by atoms with Gasteiger partial charge >= 0.3 is 0 Å². The van der Waals surface area contributed by atoms with Gasteiger partial charge in [0, 0.05) is 10.9 Å². The summed E-state index contributed by atoms with van der Waals surface area (Å²) in [5, 5.41) is 31.9. The van der Waals surface area contributed by atoms with E-state index < -0.39 is 30.0 Å². The Morgan fingerprint density at radius 1 is 1.17 bits per heavy atom. The third-order valence-electron chi connectivity index (χ3n) is 6.16. The third-order valence-corrected chi connectivity index (χ3v) is 6.53. The van der Waals surface area contributed by atoms with Gasteiger partial charge in [0.1, 0.15) is 23.6 Å². The van der Waals surface area contributed by atoms with Crippen molar-refractivity contribution in [2.75, 3.05) is 6.61 Å². The Balaban J connectivity index is 1.58. The van der Waals surface area contributed by atoms with E-state index >= 15 is 0 Å². The quantitative estimate of drug-likeness (QED) is 0.671. The fourth-order valence-electron chi connectivity index (χ4n) is 4.39. The molecule has 1 saturated heterocycles. The molecule has 1 aliphatic heterocycles. The van der Waals surface area contributed by atoms with Gasteiger partial charge in [-0.25, -0.2) is 0 Å².